The molecular formula is C9H10ClNO. The van der Waals surface area contributed by atoms with E-state index in [1.807, 2.05) is 24.3 Å². The SMILES string of the molecule is NC1(c2ccc(Cl)cc2)COC1. The number of rotatable bonds is 1. The molecule has 0 atom stereocenters. The highest BCUT2D eigenvalue weighted by molar-refractivity contribution is 6.30. The van der Waals surface area contributed by atoms with Crippen LogP contribution in [0.4, 0.5) is 0 Å². The van der Waals surface area contributed by atoms with E-state index in [1.54, 1.807) is 0 Å². The van der Waals surface area contributed by atoms with E-state index in [1.165, 1.54) is 0 Å². The van der Waals surface area contributed by atoms with E-state index in [9.17, 15) is 0 Å². The third-order valence-corrected chi connectivity index (χ3v) is 2.39. The molecular weight excluding hydrogens is 174 g/mol. The Labute approximate surface area is 76.3 Å². The van der Waals surface area contributed by atoms with Crippen molar-refractivity contribution in [2.75, 3.05) is 13.2 Å². The Balaban J connectivity index is 2.28. The van der Waals surface area contributed by atoms with E-state index in [2.05, 4.69) is 0 Å². The van der Waals surface area contributed by atoms with Crippen molar-refractivity contribution in [3.05, 3.63) is 34.9 Å². The summed E-state index contributed by atoms with van der Waals surface area (Å²) >= 11 is 5.75. The fourth-order valence-electron chi connectivity index (χ4n) is 1.27. The maximum Gasteiger partial charge on any atom is 0.0883 e. The van der Waals surface area contributed by atoms with Crippen LogP contribution in [0.15, 0.2) is 24.3 Å². The summed E-state index contributed by atoms with van der Waals surface area (Å²) in [7, 11) is 0. The first-order valence-corrected chi connectivity index (χ1v) is 4.21. The molecule has 2 nitrogen and oxygen atoms in total. The molecule has 0 aromatic heterocycles. The van der Waals surface area contributed by atoms with Crippen LogP contribution in [0.1, 0.15) is 5.56 Å². The highest BCUT2D eigenvalue weighted by Gasteiger charge is 2.35. The van der Waals surface area contributed by atoms with Gasteiger partial charge >= 0.3 is 0 Å². The quantitative estimate of drug-likeness (QED) is 0.717. The number of benzene rings is 1. The molecule has 0 aliphatic carbocycles. The van der Waals surface area contributed by atoms with Crippen LogP contribution in [-0.2, 0) is 10.3 Å². The third kappa shape index (κ3) is 1.22. The maximum absolute atomic E-state index is 6.01. The average Bonchev–Trinajstić information content (AvgIpc) is 2.02. The molecule has 1 saturated heterocycles. The molecule has 0 saturated carbocycles. The van der Waals surface area contributed by atoms with E-state index in [4.69, 9.17) is 22.1 Å². The second kappa shape index (κ2) is 2.73. The summed E-state index contributed by atoms with van der Waals surface area (Å²) in [6.45, 7) is 1.21. The summed E-state index contributed by atoms with van der Waals surface area (Å²) in [5, 5.41) is 0.739. The first kappa shape index (κ1) is 8.05. The molecule has 0 amide bonds. The minimum Gasteiger partial charge on any atom is -0.377 e. The number of hydrogen-bond acceptors (Lipinski definition) is 2. The molecule has 1 aromatic rings. The number of hydrogen-bond donors (Lipinski definition) is 1. The Morgan fingerprint density at radius 3 is 2.25 bits per heavy atom. The normalized spacial score (nSPS) is 20.2. The summed E-state index contributed by atoms with van der Waals surface area (Å²) in [5.74, 6) is 0. The van der Waals surface area contributed by atoms with Crippen LogP contribution in [0, 0.1) is 0 Å². The van der Waals surface area contributed by atoms with Gasteiger partial charge in [-0.25, -0.2) is 0 Å². The fourth-order valence-corrected chi connectivity index (χ4v) is 1.40. The highest BCUT2D eigenvalue weighted by atomic mass is 35.5. The zero-order chi connectivity index (χ0) is 8.60. The number of halogens is 1. The lowest BCUT2D eigenvalue weighted by molar-refractivity contribution is -0.0569. The van der Waals surface area contributed by atoms with Crippen molar-refractivity contribution in [1.82, 2.24) is 0 Å². The predicted molar refractivity (Wildman–Crippen MR) is 48.1 cm³/mol. The van der Waals surface area contributed by atoms with E-state index in [0.29, 0.717) is 13.2 Å². The van der Waals surface area contributed by atoms with Crippen LogP contribution in [0.3, 0.4) is 0 Å². The van der Waals surface area contributed by atoms with Gasteiger partial charge < -0.3 is 10.5 Å². The van der Waals surface area contributed by atoms with Crippen LogP contribution in [-0.4, -0.2) is 13.2 Å². The van der Waals surface area contributed by atoms with Crippen molar-refractivity contribution < 1.29 is 4.74 Å². The first-order chi connectivity index (χ1) is 5.71. The lowest BCUT2D eigenvalue weighted by Crippen LogP contribution is -2.54. The number of nitrogens with two attached hydrogens (primary N) is 1. The Morgan fingerprint density at radius 2 is 1.83 bits per heavy atom. The van der Waals surface area contributed by atoms with Gasteiger partial charge in [-0.3, -0.25) is 0 Å². The Hall–Kier alpha value is -0.570. The van der Waals surface area contributed by atoms with Gasteiger partial charge in [0.2, 0.25) is 0 Å². The summed E-state index contributed by atoms with van der Waals surface area (Å²) in [6.07, 6.45) is 0. The lowest BCUT2D eigenvalue weighted by Gasteiger charge is -2.38. The predicted octanol–water partition coefficient (Wildman–Crippen LogP) is 1.52. The molecule has 64 valence electrons. The van der Waals surface area contributed by atoms with Gasteiger partial charge in [-0.15, -0.1) is 0 Å². The summed E-state index contributed by atoms with van der Waals surface area (Å²) in [4.78, 5) is 0. The topological polar surface area (TPSA) is 35.2 Å². The Bertz CT molecular complexity index is 279. The zero-order valence-corrected chi connectivity index (χ0v) is 7.34. The minimum absolute atomic E-state index is 0.273. The molecule has 1 heterocycles. The largest absolute Gasteiger partial charge is 0.377 e. The third-order valence-electron chi connectivity index (χ3n) is 2.14. The molecule has 12 heavy (non-hydrogen) atoms. The lowest BCUT2D eigenvalue weighted by atomic mass is 9.89. The molecule has 1 aliphatic rings. The van der Waals surface area contributed by atoms with Gasteiger partial charge in [-0.2, -0.15) is 0 Å². The standard InChI is InChI=1S/C9H10ClNO/c10-8-3-1-7(2-4-8)9(11)5-12-6-9/h1-4H,5-6,11H2. The van der Waals surface area contributed by atoms with Crippen molar-refractivity contribution in [1.29, 1.82) is 0 Å². The van der Waals surface area contributed by atoms with Gasteiger partial charge in [-0.1, -0.05) is 23.7 Å². The second-order valence-corrected chi connectivity index (χ2v) is 3.59. The van der Waals surface area contributed by atoms with Gasteiger partial charge in [0, 0.05) is 5.02 Å². The van der Waals surface area contributed by atoms with Crippen molar-refractivity contribution in [3.63, 3.8) is 0 Å². The Morgan fingerprint density at radius 1 is 1.25 bits per heavy atom. The van der Waals surface area contributed by atoms with Crippen molar-refractivity contribution in [2.45, 2.75) is 5.54 Å². The molecule has 2 rings (SSSR count). The average molecular weight is 184 g/mol. The summed E-state index contributed by atoms with van der Waals surface area (Å²) < 4.78 is 5.06. The molecule has 1 fully saturated rings. The fraction of sp³-hybridized carbons (Fsp3) is 0.333. The van der Waals surface area contributed by atoms with Crippen molar-refractivity contribution in [3.8, 4) is 0 Å². The van der Waals surface area contributed by atoms with E-state index >= 15 is 0 Å². The summed E-state index contributed by atoms with van der Waals surface area (Å²) in [6, 6.07) is 7.60. The van der Waals surface area contributed by atoms with Crippen LogP contribution in [0.5, 0.6) is 0 Å². The molecule has 2 N–H and O–H groups in total. The maximum atomic E-state index is 6.01. The minimum atomic E-state index is -0.273. The zero-order valence-electron chi connectivity index (χ0n) is 6.59. The van der Waals surface area contributed by atoms with Crippen LogP contribution < -0.4 is 5.73 Å². The van der Waals surface area contributed by atoms with Crippen LogP contribution in [0.25, 0.3) is 0 Å². The van der Waals surface area contributed by atoms with Crippen LogP contribution >= 0.6 is 11.6 Å². The second-order valence-electron chi connectivity index (χ2n) is 3.16. The first-order valence-electron chi connectivity index (χ1n) is 3.83. The Kier molecular flexibility index (Phi) is 1.83. The van der Waals surface area contributed by atoms with Gasteiger partial charge in [0.15, 0.2) is 0 Å². The van der Waals surface area contributed by atoms with Gasteiger partial charge in [-0.05, 0) is 17.7 Å². The van der Waals surface area contributed by atoms with Crippen molar-refractivity contribution >= 4 is 11.6 Å². The van der Waals surface area contributed by atoms with Gasteiger partial charge in [0.05, 0.1) is 18.8 Å². The van der Waals surface area contributed by atoms with Crippen LogP contribution in [0.2, 0.25) is 5.02 Å². The molecule has 1 aromatic carbocycles. The summed E-state index contributed by atoms with van der Waals surface area (Å²) in [5.41, 5.74) is 6.83. The molecule has 3 heteroatoms. The van der Waals surface area contributed by atoms with Gasteiger partial charge in [0.1, 0.15) is 0 Å². The molecule has 0 unspecified atom stereocenters. The van der Waals surface area contributed by atoms with E-state index in [-0.39, 0.29) is 5.54 Å². The van der Waals surface area contributed by atoms with Gasteiger partial charge in [0.25, 0.3) is 0 Å². The molecule has 0 radical (unpaired) electrons. The monoisotopic (exact) mass is 183 g/mol. The highest BCUT2D eigenvalue weighted by Crippen LogP contribution is 2.27. The molecule has 0 spiro atoms. The smallest absolute Gasteiger partial charge is 0.0883 e. The molecule has 1 aliphatic heterocycles. The van der Waals surface area contributed by atoms with E-state index < -0.39 is 0 Å². The van der Waals surface area contributed by atoms with E-state index in [0.717, 1.165) is 10.6 Å². The number of ether oxygens (including phenoxy) is 1. The van der Waals surface area contributed by atoms with Crippen molar-refractivity contribution in [2.24, 2.45) is 5.73 Å². The molecule has 0 bridgehead atoms.